The van der Waals surface area contributed by atoms with Gasteiger partial charge in [0.25, 0.3) is 5.91 Å². The maximum atomic E-state index is 12.9. The van der Waals surface area contributed by atoms with E-state index >= 15 is 0 Å². The molecule has 0 saturated carbocycles. The summed E-state index contributed by atoms with van der Waals surface area (Å²) in [7, 11) is 4.00. The second-order valence-electron chi connectivity index (χ2n) is 7.29. The van der Waals surface area contributed by atoms with Gasteiger partial charge in [0.1, 0.15) is 0 Å². The van der Waals surface area contributed by atoms with E-state index in [0.717, 1.165) is 43.1 Å². The molecule has 1 saturated heterocycles. The summed E-state index contributed by atoms with van der Waals surface area (Å²) in [6.07, 6.45) is 0. The average Bonchev–Trinajstić information content (AvgIpc) is 2.68. The normalized spacial score (nSPS) is 15.5. The van der Waals surface area contributed by atoms with Gasteiger partial charge in [-0.05, 0) is 56.4 Å². The van der Waals surface area contributed by atoms with Crippen molar-refractivity contribution in [3.05, 3.63) is 64.2 Å². The van der Waals surface area contributed by atoms with Gasteiger partial charge >= 0.3 is 0 Å². The molecule has 1 fully saturated rings. The van der Waals surface area contributed by atoms with Crippen molar-refractivity contribution in [1.82, 2.24) is 10.2 Å². The third-order valence-electron chi connectivity index (χ3n) is 5.21. The van der Waals surface area contributed by atoms with Gasteiger partial charge < -0.3 is 19.9 Å². The summed E-state index contributed by atoms with van der Waals surface area (Å²) in [4.78, 5) is 17.3. The van der Waals surface area contributed by atoms with E-state index in [2.05, 4.69) is 21.2 Å². The molecule has 1 aliphatic rings. The lowest BCUT2D eigenvalue weighted by atomic mass is 10.0. The van der Waals surface area contributed by atoms with Crippen LogP contribution in [0.3, 0.4) is 0 Å². The second-order valence-corrected chi connectivity index (χ2v) is 7.73. The van der Waals surface area contributed by atoms with E-state index in [0.29, 0.717) is 17.1 Å². The number of ether oxygens (including phenoxy) is 1. The summed E-state index contributed by atoms with van der Waals surface area (Å²) in [6, 6.07) is 13.7. The minimum absolute atomic E-state index is 0.0467. The van der Waals surface area contributed by atoms with E-state index in [9.17, 15) is 4.79 Å². The van der Waals surface area contributed by atoms with Crippen LogP contribution in [0.25, 0.3) is 0 Å². The number of anilines is 1. The van der Waals surface area contributed by atoms with Crippen molar-refractivity contribution >= 4 is 23.2 Å². The second kappa shape index (κ2) is 9.41. The van der Waals surface area contributed by atoms with E-state index in [-0.39, 0.29) is 11.9 Å². The van der Waals surface area contributed by atoms with Crippen LogP contribution >= 0.6 is 11.6 Å². The molecule has 2 aromatic rings. The zero-order chi connectivity index (χ0) is 20.1. The molecule has 0 aliphatic carbocycles. The third kappa shape index (κ3) is 4.85. The minimum Gasteiger partial charge on any atom is -0.378 e. The van der Waals surface area contributed by atoms with Gasteiger partial charge in [-0.1, -0.05) is 29.8 Å². The molecule has 6 heteroatoms. The van der Waals surface area contributed by atoms with Crippen molar-refractivity contribution in [3.63, 3.8) is 0 Å². The first-order chi connectivity index (χ1) is 13.5. The predicted octanol–water partition coefficient (Wildman–Crippen LogP) is 3.52. The maximum absolute atomic E-state index is 12.9. The van der Waals surface area contributed by atoms with E-state index in [1.165, 1.54) is 0 Å². The number of carbonyl (C=O) groups is 1. The Morgan fingerprint density at radius 3 is 2.61 bits per heavy atom. The molecular formula is C22H28ClN3O2. The number of benzene rings is 2. The number of nitrogens with zero attached hydrogens (tertiary/aromatic N) is 2. The maximum Gasteiger partial charge on any atom is 0.251 e. The summed E-state index contributed by atoms with van der Waals surface area (Å²) in [5.41, 5.74) is 3.91. The molecule has 5 nitrogen and oxygen atoms in total. The topological polar surface area (TPSA) is 44.8 Å². The van der Waals surface area contributed by atoms with Gasteiger partial charge in [0, 0.05) is 35.9 Å². The van der Waals surface area contributed by atoms with Crippen molar-refractivity contribution in [2.24, 2.45) is 0 Å². The first-order valence-corrected chi connectivity index (χ1v) is 9.97. The molecule has 1 aliphatic heterocycles. The van der Waals surface area contributed by atoms with E-state index in [4.69, 9.17) is 16.3 Å². The average molecular weight is 402 g/mol. The van der Waals surface area contributed by atoms with Crippen molar-refractivity contribution in [2.45, 2.75) is 13.0 Å². The number of amides is 1. The number of likely N-dealkylation sites (N-methyl/N-ethyl adjacent to an activating group) is 1. The van der Waals surface area contributed by atoms with E-state index in [1.54, 1.807) is 0 Å². The first-order valence-electron chi connectivity index (χ1n) is 9.60. The molecule has 1 atom stereocenters. The van der Waals surface area contributed by atoms with E-state index in [1.807, 2.05) is 57.4 Å². The van der Waals surface area contributed by atoms with Crippen molar-refractivity contribution in [3.8, 4) is 0 Å². The highest BCUT2D eigenvalue weighted by molar-refractivity contribution is 6.30. The smallest absolute Gasteiger partial charge is 0.251 e. The molecule has 2 aromatic carbocycles. The molecule has 150 valence electrons. The van der Waals surface area contributed by atoms with Crippen LogP contribution in [-0.2, 0) is 4.74 Å². The lowest BCUT2D eigenvalue weighted by molar-refractivity contribution is 0.0941. The summed E-state index contributed by atoms with van der Waals surface area (Å²) >= 11 is 6.14. The summed E-state index contributed by atoms with van der Waals surface area (Å²) in [5.74, 6) is -0.0542. The highest BCUT2D eigenvalue weighted by Crippen LogP contribution is 2.25. The van der Waals surface area contributed by atoms with Gasteiger partial charge in [0.05, 0.1) is 19.3 Å². The molecule has 0 bridgehead atoms. The van der Waals surface area contributed by atoms with E-state index < -0.39 is 0 Å². The van der Waals surface area contributed by atoms with Crippen molar-refractivity contribution < 1.29 is 9.53 Å². The molecule has 0 unspecified atom stereocenters. The van der Waals surface area contributed by atoms with Gasteiger partial charge in [-0.25, -0.2) is 0 Å². The fraction of sp³-hybridized carbons (Fsp3) is 0.409. The van der Waals surface area contributed by atoms with Gasteiger partial charge in [-0.15, -0.1) is 0 Å². The molecular weight excluding hydrogens is 374 g/mol. The Balaban J connectivity index is 1.73. The number of hydrogen-bond acceptors (Lipinski definition) is 4. The summed E-state index contributed by atoms with van der Waals surface area (Å²) in [6.45, 7) is 5.67. The van der Waals surface area contributed by atoms with Crippen LogP contribution in [0, 0.1) is 6.92 Å². The predicted molar refractivity (Wildman–Crippen MR) is 114 cm³/mol. The number of morpholine rings is 1. The van der Waals surface area contributed by atoms with Gasteiger partial charge in [0.15, 0.2) is 0 Å². The highest BCUT2D eigenvalue weighted by Gasteiger charge is 2.20. The summed E-state index contributed by atoms with van der Waals surface area (Å²) in [5, 5.41) is 3.80. The number of halogens is 1. The number of hydrogen-bond donors (Lipinski definition) is 1. The van der Waals surface area contributed by atoms with Crippen LogP contribution in [0.4, 0.5) is 5.69 Å². The minimum atomic E-state index is -0.0542. The highest BCUT2D eigenvalue weighted by atomic mass is 35.5. The van der Waals surface area contributed by atoms with Crippen LogP contribution < -0.4 is 10.2 Å². The third-order valence-corrected chi connectivity index (χ3v) is 5.45. The standard InChI is InChI=1S/C22H28ClN3O2/c1-16-19(8-5-9-20(16)26-10-12-28-13-11-26)22(27)24-15-21(25(2)3)17-6-4-7-18(23)14-17/h4-9,14,21H,10-13,15H2,1-3H3,(H,24,27)/t21-/m1/s1. The van der Waals surface area contributed by atoms with Crippen LogP contribution in [0.5, 0.6) is 0 Å². The van der Waals surface area contributed by atoms with Crippen LogP contribution in [0.15, 0.2) is 42.5 Å². The Kier molecular flexibility index (Phi) is 6.94. The lowest BCUT2D eigenvalue weighted by Crippen LogP contribution is -2.37. The Bertz CT molecular complexity index is 819. The largest absolute Gasteiger partial charge is 0.378 e. The fourth-order valence-electron chi connectivity index (χ4n) is 3.61. The quantitative estimate of drug-likeness (QED) is 0.804. The molecule has 0 aromatic heterocycles. The molecule has 0 spiro atoms. The molecule has 1 N–H and O–H groups in total. The summed E-state index contributed by atoms with van der Waals surface area (Å²) < 4.78 is 5.44. The number of rotatable bonds is 6. The molecule has 3 rings (SSSR count). The molecule has 0 radical (unpaired) electrons. The zero-order valence-corrected chi connectivity index (χ0v) is 17.5. The van der Waals surface area contributed by atoms with Crippen LogP contribution in [0.1, 0.15) is 27.5 Å². The Labute approximate surface area is 172 Å². The lowest BCUT2D eigenvalue weighted by Gasteiger charge is -2.30. The Hall–Kier alpha value is -2.08. The van der Waals surface area contributed by atoms with Crippen molar-refractivity contribution in [1.29, 1.82) is 0 Å². The van der Waals surface area contributed by atoms with Crippen molar-refractivity contribution in [2.75, 3.05) is 51.8 Å². The van der Waals surface area contributed by atoms with Crippen LogP contribution in [-0.4, -0.2) is 57.8 Å². The SMILES string of the molecule is Cc1c(C(=O)NC[C@H](c2cccc(Cl)c2)N(C)C)cccc1N1CCOCC1. The van der Waals surface area contributed by atoms with Gasteiger partial charge in [0.2, 0.25) is 0 Å². The number of nitrogens with one attached hydrogen (secondary N) is 1. The molecule has 1 heterocycles. The molecule has 28 heavy (non-hydrogen) atoms. The van der Waals surface area contributed by atoms with Crippen LogP contribution in [0.2, 0.25) is 5.02 Å². The molecule has 1 amide bonds. The number of carbonyl (C=O) groups excluding carboxylic acids is 1. The fourth-order valence-corrected chi connectivity index (χ4v) is 3.81. The monoisotopic (exact) mass is 401 g/mol. The zero-order valence-electron chi connectivity index (χ0n) is 16.7. The first kappa shape index (κ1) is 20.6. The van der Waals surface area contributed by atoms with Gasteiger partial charge in [-0.3, -0.25) is 4.79 Å². The Morgan fingerprint density at radius 2 is 1.93 bits per heavy atom. The van der Waals surface area contributed by atoms with Gasteiger partial charge in [-0.2, -0.15) is 0 Å². The Morgan fingerprint density at radius 1 is 1.21 bits per heavy atom.